The van der Waals surface area contributed by atoms with Gasteiger partial charge in [0.05, 0.1) is 0 Å². The van der Waals surface area contributed by atoms with Crippen LogP contribution in [0.5, 0.6) is 0 Å². The Hall–Kier alpha value is -0.980. The van der Waals surface area contributed by atoms with Gasteiger partial charge in [-0.15, -0.1) is 0 Å². The molecule has 0 atom stereocenters. The van der Waals surface area contributed by atoms with E-state index in [9.17, 15) is 0 Å². The number of hydrogen-bond acceptors (Lipinski definition) is 1. The molecule has 0 bridgehead atoms. The minimum Gasteiger partial charge on any atom is -0.385 e. The summed E-state index contributed by atoms with van der Waals surface area (Å²) in [6, 6.07) is 6.79. The third-order valence-corrected chi connectivity index (χ3v) is 2.73. The fourth-order valence-electron chi connectivity index (χ4n) is 1.77. The first kappa shape index (κ1) is 12.1. The molecule has 0 spiro atoms. The van der Waals surface area contributed by atoms with Gasteiger partial charge in [0.1, 0.15) is 0 Å². The topological polar surface area (TPSA) is 12.0 Å². The molecular formula is C14H23N. The van der Waals surface area contributed by atoms with E-state index in [0.29, 0.717) is 11.8 Å². The summed E-state index contributed by atoms with van der Waals surface area (Å²) in [7, 11) is 0. The predicted octanol–water partition coefficient (Wildman–Crippen LogP) is 4.37. The van der Waals surface area contributed by atoms with Crippen LogP contribution in [0.3, 0.4) is 0 Å². The summed E-state index contributed by atoms with van der Waals surface area (Å²) >= 11 is 0. The first-order valence-corrected chi connectivity index (χ1v) is 5.94. The molecule has 1 aromatic rings. The van der Waals surface area contributed by atoms with Crippen molar-refractivity contribution in [2.24, 2.45) is 0 Å². The highest BCUT2D eigenvalue weighted by molar-refractivity contribution is 5.54. The van der Waals surface area contributed by atoms with Gasteiger partial charge in [0.25, 0.3) is 0 Å². The maximum atomic E-state index is 3.42. The van der Waals surface area contributed by atoms with Crippen LogP contribution in [-0.4, -0.2) is 6.54 Å². The van der Waals surface area contributed by atoms with Crippen molar-refractivity contribution in [3.05, 3.63) is 29.3 Å². The predicted molar refractivity (Wildman–Crippen MR) is 68.8 cm³/mol. The molecule has 0 aliphatic heterocycles. The third kappa shape index (κ3) is 2.98. The van der Waals surface area contributed by atoms with Crippen molar-refractivity contribution in [2.45, 2.75) is 46.5 Å². The molecule has 1 N–H and O–H groups in total. The summed E-state index contributed by atoms with van der Waals surface area (Å²) < 4.78 is 0. The summed E-state index contributed by atoms with van der Waals surface area (Å²) in [5.74, 6) is 1.19. The average molecular weight is 205 g/mol. The summed E-state index contributed by atoms with van der Waals surface area (Å²) in [4.78, 5) is 0. The molecule has 0 amide bonds. The van der Waals surface area contributed by atoms with Gasteiger partial charge in [-0.2, -0.15) is 0 Å². The van der Waals surface area contributed by atoms with Crippen LogP contribution in [0.2, 0.25) is 0 Å². The van der Waals surface area contributed by atoms with E-state index in [0.717, 1.165) is 6.54 Å². The van der Waals surface area contributed by atoms with Gasteiger partial charge in [0.15, 0.2) is 0 Å². The zero-order valence-corrected chi connectivity index (χ0v) is 10.6. The molecule has 1 rings (SSSR count). The zero-order valence-electron chi connectivity index (χ0n) is 10.6. The van der Waals surface area contributed by atoms with E-state index < -0.39 is 0 Å². The van der Waals surface area contributed by atoms with E-state index in [1.807, 2.05) is 0 Å². The number of benzene rings is 1. The molecule has 0 aliphatic carbocycles. The lowest BCUT2D eigenvalue weighted by Crippen LogP contribution is -2.03. The van der Waals surface area contributed by atoms with E-state index in [2.05, 4.69) is 58.1 Å². The van der Waals surface area contributed by atoms with Crippen molar-refractivity contribution >= 4 is 5.69 Å². The smallest absolute Gasteiger partial charge is 0.0375 e. The molecule has 0 aliphatic rings. The number of anilines is 1. The van der Waals surface area contributed by atoms with Crippen molar-refractivity contribution in [3.63, 3.8) is 0 Å². The molecule has 0 saturated heterocycles. The molecule has 0 radical (unpaired) electrons. The van der Waals surface area contributed by atoms with Crippen LogP contribution >= 0.6 is 0 Å². The average Bonchev–Trinajstić information content (AvgIpc) is 2.18. The van der Waals surface area contributed by atoms with Gasteiger partial charge in [-0.3, -0.25) is 0 Å². The van der Waals surface area contributed by atoms with E-state index in [1.165, 1.54) is 16.8 Å². The van der Waals surface area contributed by atoms with Crippen LogP contribution in [0.4, 0.5) is 5.69 Å². The Morgan fingerprint density at radius 2 is 1.73 bits per heavy atom. The molecule has 0 heterocycles. The maximum Gasteiger partial charge on any atom is 0.0375 e. The number of nitrogens with one attached hydrogen (secondary N) is 1. The molecule has 0 saturated carbocycles. The van der Waals surface area contributed by atoms with Gasteiger partial charge in [-0.1, -0.05) is 39.8 Å². The Labute approximate surface area is 93.9 Å². The van der Waals surface area contributed by atoms with E-state index in [1.54, 1.807) is 0 Å². The van der Waals surface area contributed by atoms with Crippen LogP contribution in [0.15, 0.2) is 18.2 Å². The Morgan fingerprint density at radius 3 is 2.20 bits per heavy atom. The highest BCUT2D eigenvalue weighted by atomic mass is 14.9. The van der Waals surface area contributed by atoms with Crippen molar-refractivity contribution < 1.29 is 0 Å². The third-order valence-electron chi connectivity index (χ3n) is 2.73. The molecule has 1 aromatic carbocycles. The first-order valence-electron chi connectivity index (χ1n) is 5.94. The van der Waals surface area contributed by atoms with Crippen LogP contribution in [0.25, 0.3) is 0 Å². The molecule has 1 nitrogen and oxygen atoms in total. The minimum absolute atomic E-state index is 0.581. The van der Waals surface area contributed by atoms with Crippen LogP contribution < -0.4 is 5.32 Å². The molecule has 1 heteroatoms. The quantitative estimate of drug-likeness (QED) is 0.770. The summed E-state index contributed by atoms with van der Waals surface area (Å²) in [6.07, 6.45) is 0. The lowest BCUT2D eigenvalue weighted by Gasteiger charge is -2.16. The standard InChI is InChI=1S/C14H23N/c1-6-15-14-8-7-12(10(2)3)9-13(14)11(4)5/h7-11,15H,6H2,1-5H3. The maximum absolute atomic E-state index is 3.42. The lowest BCUT2D eigenvalue weighted by atomic mass is 9.94. The lowest BCUT2D eigenvalue weighted by molar-refractivity contribution is 0.834. The van der Waals surface area contributed by atoms with E-state index in [-0.39, 0.29) is 0 Å². The molecule has 0 aromatic heterocycles. The normalized spacial score (nSPS) is 11.1. The van der Waals surface area contributed by atoms with Crippen molar-refractivity contribution in [2.75, 3.05) is 11.9 Å². The Balaban J connectivity index is 3.09. The molecule has 0 unspecified atom stereocenters. The fourth-order valence-corrected chi connectivity index (χ4v) is 1.77. The van der Waals surface area contributed by atoms with Gasteiger partial charge in [0.2, 0.25) is 0 Å². The fraction of sp³-hybridized carbons (Fsp3) is 0.571. The number of rotatable bonds is 4. The van der Waals surface area contributed by atoms with Gasteiger partial charge < -0.3 is 5.32 Å². The Morgan fingerprint density at radius 1 is 1.07 bits per heavy atom. The first-order chi connectivity index (χ1) is 7.06. The van der Waals surface area contributed by atoms with E-state index >= 15 is 0 Å². The minimum atomic E-state index is 0.581. The zero-order chi connectivity index (χ0) is 11.4. The SMILES string of the molecule is CCNc1ccc(C(C)C)cc1C(C)C. The van der Waals surface area contributed by atoms with Gasteiger partial charge >= 0.3 is 0 Å². The second-order valence-electron chi connectivity index (χ2n) is 4.69. The molecular weight excluding hydrogens is 182 g/mol. The van der Waals surface area contributed by atoms with Crippen LogP contribution in [0, 0.1) is 0 Å². The van der Waals surface area contributed by atoms with Gasteiger partial charge in [0, 0.05) is 12.2 Å². The van der Waals surface area contributed by atoms with Gasteiger partial charge in [-0.25, -0.2) is 0 Å². The molecule has 0 fully saturated rings. The largest absolute Gasteiger partial charge is 0.385 e. The second kappa shape index (κ2) is 5.20. The molecule has 84 valence electrons. The number of hydrogen-bond donors (Lipinski definition) is 1. The Bertz CT molecular complexity index is 313. The summed E-state index contributed by atoms with van der Waals surface area (Å²) in [6.45, 7) is 12.1. The monoisotopic (exact) mass is 205 g/mol. The van der Waals surface area contributed by atoms with Crippen LogP contribution in [-0.2, 0) is 0 Å². The second-order valence-corrected chi connectivity index (χ2v) is 4.69. The van der Waals surface area contributed by atoms with Crippen molar-refractivity contribution in [1.29, 1.82) is 0 Å². The highest BCUT2D eigenvalue weighted by Gasteiger charge is 2.08. The van der Waals surface area contributed by atoms with Gasteiger partial charge in [-0.05, 0) is 36.0 Å². The highest BCUT2D eigenvalue weighted by Crippen LogP contribution is 2.28. The summed E-state index contributed by atoms with van der Waals surface area (Å²) in [5.41, 5.74) is 4.15. The summed E-state index contributed by atoms with van der Waals surface area (Å²) in [5, 5.41) is 3.42. The van der Waals surface area contributed by atoms with E-state index in [4.69, 9.17) is 0 Å². The van der Waals surface area contributed by atoms with Crippen LogP contribution in [0.1, 0.15) is 57.6 Å². The Kier molecular flexibility index (Phi) is 4.19. The van der Waals surface area contributed by atoms with Crippen molar-refractivity contribution in [1.82, 2.24) is 0 Å². The van der Waals surface area contributed by atoms with Crippen molar-refractivity contribution in [3.8, 4) is 0 Å². The molecule has 15 heavy (non-hydrogen) atoms.